The van der Waals surface area contributed by atoms with Crippen LogP contribution in [0.2, 0.25) is 10.0 Å². The van der Waals surface area contributed by atoms with Gasteiger partial charge >= 0.3 is 0 Å². The highest BCUT2D eigenvalue weighted by molar-refractivity contribution is 8.00. The first kappa shape index (κ1) is 25.9. The molecule has 4 nitrogen and oxygen atoms in total. The van der Waals surface area contributed by atoms with E-state index in [1.807, 2.05) is 38.1 Å². The molecule has 1 N–H and O–H groups in total. The summed E-state index contributed by atoms with van der Waals surface area (Å²) in [6.45, 7) is 4.17. The summed E-state index contributed by atoms with van der Waals surface area (Å²) < 4.78 is 0. The summed E-state index contributed by atoms with van der Waals surface area (Å²) in [5, 5.41) is 4.18. The second-order valence-electron chi connectivity index (χ2n) is 8.59. The molecule has 0 spiro atoms. The number of carbonyl (C=O) groups is 2. The summed E-state index contributed by atoms with van der Waals surface area (Å²) in [5.74, 6) is 0.0293. The van der Waals surface area contributed by atoms with E-state index >= 15 is 0 Å². The molecule has 2 aromatic carbocycles. The third-order valence-corrected chi connectivity index (χ3v) is 7.82. The molecule has 0 aromatic heterocycles. The van der Waals surface area contributed by atoms with Crippen LogP contribution in [0.15, 0.2) is 47.4 Å². The number of thioether (sulfide) groups is 1. The largest absolute Gasteiger partial charge is 0.352 e. The van der Waals surface area contributed by atoms with Gasteiger partial charge in [0.05, 0.1) is 5.75 Å². The molecule has 2 aromatic rings. The number of benzene rings is 2. The highest BCUT2D eigenvalue weighted by atomic mass is 35.5. The van der Waals surface area contributed by atoms with E-state index in [1.165, 1.54) is 23.7 Å². The Morgan fingerprint density at radius 1 is 1.06 bits per heavy atom. The zero-order valence-electron chi connectivity index (χ0n) is 19.3. The third kappa shape index (κ3) is 7.40. The first-order chi connectivity index (χ1) is 15.9. The maximum atomic E-state index is 13.4. The lowest BCUT2D eigenvalue weighted by Crippen LogP contribution is -2.52. The quantitative estimate of drug-likeness (QED) is 0.387. The van der Waals surface area contributed by atoms with Gasteiger partial charge in [0.25, 0.3) is 0 Å². The molecule has 1 aliphatic carbocycles. The van der Waals surface area contributed by atoms with Crippen molar-refractivity contribution >= 4 is 46.8 Å². The number of nitrogens with zero attached hydrogens (tertiary/aromatic N) is 1. The molecule has 0 radical (unpaired) electrons. The van der Waals surface area contributed by atoms with E-state index in [0.29, 0.717) is 22.0 Å². The lowest BCUT2D eigenvalue weighted by atomic mass is 9.95. The van der Waals surface area contributed by atoms with Crippen LogP contribution >= 0.6 is 35.0 Å². The van der Waals surface area contributed by atoms with Crippen molar-refractivity contribution in [1.29, 1.82) is 0 Å². The predicted octanol–water partition coefficient (Wildman–Crippen LogP) is 6.65. The molecule has 1 saturated carbocycles. The van der Waals surface area contributed by atoms with Crippen LogP contribution < -0.4 is 5.32 Å². The van der Waals surface area contributed by atoms with Gasteiger partial charge in [0.1, 0.15) is 6.04 Å². The van der Waals surface area contributed by atoms with E-state index in [1.54, 1.807) is 23.1 Å². The van der Waals surface area contributed by atoms with Crippen LogP contribution in [0, 0.1) is 6.92 Å². The van der Waals surface area contributed by atoms with Gasteiger partial charge in [0.2, 0.25) is 11.8 Å². The SMILES string of the molecule is CC[C@H](C(=O)NC1CCCCC1)N(Cc1c(Cl)cccc1Cl)C(=O)CSc1ccc(C)cc1. The normalized spacial score (nSPS) is 15.2. The molecule has 0 heterocycles. The molecule has 1 aliphatic rings. The van der Waals surface area contributed by atoms with Gasteiger partial charge in [-0.3, -0.25) is 9.59 Å². The minimum Gasteiger partial charge on any atom is -0.352 e. The standard InChI is InChI=1S/C26H32Cl2N2O2S/c1-3-24(26(32)29-19-8-5-4-6-9-19)30(16-21-22(27)10-7-11-23(21)28)25(31)17-33-20-14-12-18(2)13-15-20/h7,10-15,19,24H,3-6,8-9,16-17H2,1-2H3,(H,29,32)/t24-/m1/s1. The van der Waals surface area contributed by atoms with Gasteiger partial charge in [-0.1, -0.05) is 73.2 Å². The highest BCUT2D eigenvalue weighted by Crippen LogP contribution is 2.28. The molecule has 0 bridgehead atoms. The van der Waals surface area contributed by atoms with Gasteiger partial charge in [0.15, 0.2) is 0 Å². The van der Waals surface area contributed by atoms with Gasteiger partial charge in [0, 0.05) is 33.1 Å². The summed E-state index contributed by atoms with van der Waals surface area (Å²) in [6.07, 6.45) is 5.99. The van der Waals surface area contributed by atoms with E-state index in [0.717, 1.165) is 30.6 Å². The Hall–Kier alpha value is -1.69. The molecule has 2 amide bonds. The van der Waals surface area contributed by atoms with Crippen molar-refractivity contribution in [1.82, 2.24) is 10.2 Å². The second-order valence-corrected chi connectivity index (χ2v) is 10.5. The Bertz CT molecular complexity index is 926. The summed E-state index contributed by atoms with van der Waals surface area (Å²) >= 11 is 14.3. The van der Waals surface area contributed by atoms with Crippen LogP contribution in [0.25, 0.3) is 0 Å². The Labute approximate surface area is 211 Å². The molecule has 0 saturated heterocycles. The maximum absolute atomic E-state index is 13.4. The van der Waals surface area contributed by atoms with E-state index in [2.05, 4.69) is 5.32 Å². The molecule has 3 rings (SSSR count). The lowest BCUT2D eigenvalue weighted by Gasteiger charge is -2.33. The molecule has 1 atom stereocenters. The van der Waals surface area contributed by atoms with Crippen molar-refractivity contribution in [2.75, 3.05) is 5.75 Å². The topological polar surface area (TPSA) is 49.4 Å². The first-order valence-electron chi connectivity index (χ1n) is 11.6. The Morgan fingerprint density at radius 3 is 2.30 bits per heavy atom. The molecule has 178 valence electrons. The summed E-state index contributed by atoms with van der Waals surface area (Å²) in [7, 11) is 0. The second kappa shape index (κ2) is 12.7. The van der Waals surface area contributed by atoms with Crippen molar-refractivity contribution in [3.63, 3.8) is 0 Å². The Balaban J connectivity index is 1.79. The zero-order valence-corrected chi connectivity index (χ0v) is 21.6. The van der Waals surface area contributed by atoms with Gasteiger partial charge < -0.3 is 10.2 Å². The van der Waals surface area contributed by atoms with E-state index < -0.39 is 6.04 Å². The van der Waals surface area contributed by atoms with Crippen molar-refractivity contribution in [2.24, 2.45) is 0 Å². The minimum atomic E-state index is -0.578. The third-order valence-electron chi connectivity index (χ3n) is 6.11. The molecule has 1 fully saturated rings. The van der Waals surface area contributed by atoms with Crippen LogP contribution in [0.1, 0.15) is 56.6 Å². The highest BCUT2D eigenvalue weighted by Gasteiger charge is 2.31. The lowest BCUT2D eigenvalue weighted by molar-refractivity contribution is -0.139. The van der Waals surface area contributed by atoms with Crippen LogP contribution in [0.3, 0.4) is 0 Å². The zero-order chi connectivity index (χ0) is 23.8. The predicted molar refractivity (Wildman–Crippen MR) is 138 cm³/mol. The van der Waals surface area contributed by atoms with Crippen molar-refractivity contribution in [3.05, 3.63) is 63.6 Å². The number of nitrogens with one attached hydrogen (secondary N) is 1. The molecule has 0 unspecified atom stereocenters. The van der Waals surface area contributed by atoms with E-state index in [9.17, 15) is 9.59 Å². The van der Waals surface area contributed by atoms with Crippen molar-refractivity contribution < 1.29 is 9.59 Å². The number of aryl methyl sites for hydroxylation is 1. The number of rotatable bonds is 9. The summed E-state index contributed by atoms with van der Waals surface area (Å²) in [5.41, 5.74) is 1.84. The molecule has 7 heteroatoms. The number of carbonyl (C=O) groups excluding carboxylic acids is 2. The average molecular weight is 508 g/mol. The van der Waals surface area contributed by atoms with E-state index in [-0.39, 0.29) is 30.2 Å². The average Bonchev–Trinajstić information content (AvgIpc) is 2.81. The summed E-state index contributed by atoms with van der Waals surface area (Å²) in [6, 6.07) is 13.0. The number of hydrogen-bond acceptors (Lipinski definition) is 3. The van der Waals surface area contributed by atoms with E-state index in [4.69, 9.17) is 23.2 Å². The number of hydrogen-bond donors (Lipinski definition) is 1. The number of amides is 2. The molecule has 0 aliphatic heterocycles. The smallest absolute Gasteiger partial charge is 0.243 e. The molecular formula is C26H32Cl2N2O2S. The van der Waals surface area contributed by atoms with Gasteiger partial charge in [-0.25, -0.2) is 0 Å². The Morgan fingerprint density at radius 2 is 1.70 bits per heavy atom. The van der Waals surface area contributed by atoms with Crippen LogP contribution in [0.5, 0.6) is 0 Å². The Kier molecular flexibility index (Phi) is 9.96. The fourth-order valence-corrected chi connectivity index (χ4v) is 5.48. The van der Waals surface area contributed by atoms with Crippen LogP contribution in [-0.4, -0.2) is 34.6 Å². The maximum Gasteiger partial charge on any atom is 0.243 e. The van der Waals surface area contributed by atoms with Crippen molar-refractivity contribution in [2.45, 2.75) is 75.9 Å². The van der Waals surface area contributed by atoms with Gasteiger partial charge in [-0.2, -0.15) is 0 Å². The fourth-order valence-electron chi connectivity index (χ4n) is 4.18. The summed E-state index contributed by atoms with van der Waals surface area (Å²) in [4.78, 5) is 29.4. The van der Waals surface area contributed by atoms with Crippen LogP contribution in [-0.2, 0) is 16.1 Å². The number of halogens is 2. The van der Waals surface area contributed by atoms with Gasteiger partial charge in [-0.05, 0) is 50.5 Å². The molecular weight excluding hydrogens is 475 g/mol. The molecule has 33 heavy (non-hydrogen) atoms. The first-order valence-corrected chi connectivity index (χ1v) is 13.4. The minimum absolute atomic E-state index is 0.0961. The monoisotopic (exact) mass is 506 g/mol. The van der Waals surface area contributed by atoms with Gasteiger partial charge in [-0.15, -0.1) is 11.8 Å². The fraction of sp³-hybridized carbons (Fsp3) is 0.462. The van der Waals surface area contributed by atoms with Crippen molar-refractivity contribution in [3.8, 4) is 0 Å². The van der Waals surface area contributed by atoms with Crippen LogP contribution in [0.4, 0.5) is 0 Å².